The van der Waals surface area contributed by atoms with Crippen molar-refractivity contribution >= 4 is 5.97 Å². The van der Waals surface area contributed by atoms with Crippen molar-refractivity contribution in [2.24, 2.45) is 0 Å². The molecule has 0 aliphatic carbocycles. The minimum Gasteiger partial charge on any atom is -0.461 e. The fraction of sp³-hybridized carbons (Fsp3) is 0.316. The van der Waals surface area contributed by atoms with Gasteiger partial charge in [-0.15, -0.1) is 0 Å². The van der Waals surface area contributed by atoms with Crippen molar-refractivity contribution in [3.63, 3.8) is 0 Å². The van der Waals surface area contributed by atoms with E-state index in [0.29, 0.717) is 11.3 Å². The Morgan fingerprint density at radius 1 is 1.31 bits per heavy atom. The van der Waals surface area contributed by atoms with Gasteiger partial charge < -0.3 is 10.6 Å². The first kappa shape index (κ1) is 17.7. The molecule has 0 radical (unpaired) electrons. The second-order valence-corrected chi connectivity index (χ2v) is 6.34. The first-order valence-corrected chi connectivity index (χ1v) is 8.59. The number of pyridine rings is 1. The zero-order valence-electron chi connectivity index (χ0n) is 15.4. The van der Waals surface area contributed by atoms with Crippen LogP contribution in [0.4, 0.5) is 0 Å². The lowest BCUT2D eigenvalue weighted by Gasteiger charge is -2.08. The topological polar surface area (TPSA) is 88.0 Å². The fourth-order valence-electron chi connectivity index (χ4n) is 2.89. The molecule has 3 aromatic heterocycles. The number of carbonyl (C=O) groups is 1. The predicted molar refractivity (Wildman–Crippen MR) is 100 cm³/mol. The highest BCUT2D eigenvalue weighted by atomic mass is 16.5. The third-order valence-corrected chi connectivity index (χ3v) is 4.12. The van der Waals surface area contributed by atoms with Crippen molar-refractivity contribution in [3.05, 3.63) is 48.0 Å². The monoisotopic (exact) mass is 353 g/mol. The summed E-state index contributed by atoms with van der Waals surface area (Å²) < 4.78 is 8.39. The number of rotatable bonds is 5. The Balaban J connectivity index is 2.26. The van der Waals surface area contributed by atoms with Crippen LogP contribution in [-0.2, 0) is 4.74 Å². The molecule has 0 aliphatic heterocycles. The van der Waals surface area contributed by atoms with E-state index in [1.807, 2.05) is 36.0 Å². The molecule has 3 aromatic rings. The SMILES string of the molecule is CCOC(=O)c1c(-c2ccccn2)c(-c2nn(C(C)C)cc2C)cn1N. The van der Waals surface area contributed by atoms with Crippen LogP contribution in [0.25, 0.3) is 22.5 Å². The molecule has 0 amide bonds. The van der Waals surface area contributed by atoms with Crippen LogP contribution in [0, 0.1) is 6.92 Å². The molecule has 0 bridgehead atoms. The zero-order chi connectivity index (χ0) is 18.8. The van der Waals surface area contributed by atoms with E-state index in [4.69, 9.17) is 15.7 Å². The smallest absolute Gasteiger partial charge is 0.357 e. The molecule has 0 spiro atoms. The second-order valence-electron chi connectivity index (χ2n) is 6.34. The minimum atomic E-state index is -0.483. The Kier molecular flexibility index (Phi) is 4.79. The minimum absolute atomic E-state index is 0.227. The Morgan fingerprint density at radius 3 is 2.65 bits per heavy atom. The van der Waals surface area contributed by atoms with E-state index in [2.05, 4.69) is 18.8 Å². The van der Waals surface area contributed by atoms with E-state index in [1.165, 1.54) is 4.68 Å². The molecule has 0 atom stereocenters. The summed E-state index contributed by atoms with van der Waals surface area (Å²) in [5.41, 5.74) is 4.06. The highest BCUT2D eigenvalue weighted by Crippen LogP contribution is 2.36. The van der Waals surface area contributed by atoms with Gasteiger partial charge in [0.15, 0.2) is 5.69 Å². The molecule has 0 aliphatic rings. The fourth-order valence-corrected chi connectivity index (χ4v) is 2.89. The molecule has 26 heavy (non-hydrogen) atoms. The van der Waals surface area contributed by atoms with Crippen LogP contribution in [-0.4, -0.2) is 32.0 Å². The molecular weight excluding hydrogens is 330 g/mol. The van der Waals surface area contributed by atoms with Crippen LogP contribution in [0.2, 0.25) is 0 Å². The molecule has 3 heterocycles. The standard InChI is InChI=1S/C19H23N5O2/c1-5-26-19(25)18-16(15-8-6-7-9-21-15)14(11-23(18)20)17-13(4)10-24(22-17)12(2)3/h6-12H,5,20H2,1-4H3. The quantitative estimate of drug-likeness (QED) is 0.562. The van der Waals surface area contributed by atoms with Crippen molar-refractivity contribution in [1.29, 1.82) is 0 Å². The maximum atomic E-state index is 12.5. The Hall–Kier alpha value is -3.09. The van der Waals surface area contributed by atoms with Crippen molar-refractivity contribution in [2.45, 2.75) is 33.7 Å². The highest BCUT2D eigenvalue weighted by molar-refractivity contribution is 6.00. The van der Waals surface area contributed by atoms with Crippen LogP contribution < -0.4 is 5.84 Å². The number of carbonyl (C=O) groups excluding carboxylic acids is 1. The maximum absolute atomic E-state index is 12.5. The highest BCUT2D eigenvalue weighted by Gasteiger charge is 2.27. The molecule has 0 unspecified atom stereocenters. The number of aromatic nitrogens is 4. The van der Waals surface area contributed by atoms with Gasteiger partial charge in [0, 0.05) is 35.8 Å². The number of nitrogens with zero attached hydrogens (tertiary/aromatic N) is 4. The number of nitrogen functional groups attached to an aromatic ring is 1. The Labute approximate surface area is 152 Å². The van der Waals surface area contributed by atoms with Gasteiger partial charge in [-0.1, -0.05) is 6.07 Å². The number of hydrogen-bond donors (Lipinski definition) is 1. The summed E-state index contributed by atoms with van der Waals surface area (Å²) in [5.74, 6) is 5.63. The second kappa shape index (κ2) is 7.03. The number of hydrogen-bond acceptors (Lipinski definition) is 5. The summed E-state index contributed by atoms with van der Waals surface area (Å²) in [6.45, 7) is 8.14. The van der Waals surface area contributed by atoms with Gasteiger partial charge in [0.25, 0.3) is 0 Å². The van der Waals surface area contributed by atoms with Gasteiger partial charge >= 0.3 is 5.97 Å². The molecule has 7 nitrogen and oxygen atoms in total. The van der Waals surface area contributed by atoms with E-state index in [0.717, 1.165) is 16.8 Å². The number of ether oxygens (including phenoxy) is 1. The summed E-state index contributed by atoms with van der Waals surface area (Å²) >= 11 is 0. The molecule has 0 saturated heterocycles. The average Bonchev–Trinajstić information content (AvgIpc) is 3.16. The van der Waals surface area contributed by atoms with Crippen LogP contribution in [0.15, 0.2) is 36.8 Å². The van der Waals surface area contributed by atoms with Crippen LogP contribution >= 0.6 is 0 Å². The molecule has 0 fully saturated rings. The summed E-state index contributed by atoms with van der Waals surface area (Å²) in [6.07, 6.45) is 5.37. The van der Waals surface area contributed by atoms with Gasteiger partial charge in [-0.05, 0) is 45.4 Å². The van der Waals surface area contributed by atoms with Gasteiger partial charge in [-0.25, -0.2) is 4.79 Å². The van der Waals surface area contributed by atoms with Crippen LogP contribution in [0.1, 0.15) is 42.9 Å². The lowest BCUT2D eigenvalue weighted by atomic mass is 10.0. The molecule has 0 aromatic carbocycles. The van der Waals surface area contributed by atoms with Crippen molar-refractivity contribution in [1.82, 2.24) is 19.4 Å². The van der Waals surface area contributed by atoms with E-state index < -0.39 is 5.97 Å². The summed E-state index contributed by atoms with van der Waals surface area (Å²) in [7, 11) is 0. The molecule has 2 N–H and O–H groups in total. The van der Waals surface area contributed by atoms with Gasteiger partial charge in [0.1, 0.15) is 0 Å². The third-order valence-electron chi connectivity index (χ3n) is 4.12. The lowest BCUT2D eigenvalue weighted by molar-refractivity contribution is 0.0517. The zero-order valence-corrected chi connectivity index (χ0v) is 15.4. The van der Waals surface area contributed by atoms with E-state index in [9.17, 15) is 4.79 Å². The van der Waals surface area contributed by atoms with Gasteiger partial charge in [-0.2, -0.15) is 5.10 Å². The largest absolute Gasteiger partial charge is 0.461 e. The average molecular weight is 353 g/mol. The summed E-state index contributed by atoms with van der Waals surface area (Å²) in [5, 5.41) is 4.69. The van der Waals surface area contributed by atoms with E-state index in [1.54, 1.807) is 19.3 Å². The Bertz CT molecular complexity index is 925. The van der Waals surface area contributed by atoms with E-state index >= 15 is 0 Å². The number of esters is 1. The maximum Gasteiger partial charge on any atom is 0.357 e. The van der Waals surface area contributed by atoms with Crippen molar-refractivity contribution in [2.75, 3.05) is 12.4 Å². The normalized spacial score (nSPS) is 11.1. The van der Waals surface area contributed by atoms with Crippen LogP contribution in [0.3, 0.4) is 0 Å². The van der Waals surface area contributed by atoms with Crippen LogP contribution in [0.5, 0.6) is 0 Å². The van der Waals surface area contributed by atoms with Gasteiger partial charge in [-0.3, -0.25) is 14.3 Å². The number of aryl methyl sites for hydroxylation is 1. The summed E-state index contributed by atoms with van der Waals surface area (Å²) in [4.78, 5) is 16.9. The third kappa shape index (κ3) is 3.08. The summed E-state index contributed by atoms with van der Waals surface area (Å²) in [6, 6.07) is 5.76. The van der Waals surface area contributed by atoms with Gasteiger partial charge in [0.05, 0.1) is 18.0 Å². The predicted octanol–water partition coefficient (Wildman–Crippen LogP) is 3.19. The first-order valence-electron chi connectivity index (χ1n) is 8.59. The molecular formula is C19H23N5O2. The molecule has 0 saturated carbocycles. The Morgan fingerprint density at radius 2 is 2.08 bits per heavy atom. The number of nitrogens with two attached hydrogens (primary N) is 1. The van der Waals surface area contributed by atoms with Crippen molar-refractivity contribution in [3.8, 4) is 22.5 Å². The van der Waals surface area contributed by atoms with Gasteiger partial charge in [0.2, 0.25) is 0 Å². The first-order chi connectivity index (χ1) is 12.4. The molecule has 3 rings (SSSR count). The lowest BCUT2D eigenvalue weighted by Crippen LogP contribution is -2.18. The molecule has 136 valence electrons. The van der Waals surface area contributed by atoms with Crippen molar-refractivity contribution < 1.29 is 9.53 Å². The van der Waals surface area contributed by atoms with E-state index in [-0.39, 0.29) is 18.3 Å². The molecule has 7 heteroatoms.